The van der Waals surface area contributed by atoms with Gasteiger partial charge in [-0.15, -0.1) is 0 Å². The number of benzene rings is 2. The van der Waals surface area contributed by atoms with Gasteiger partial charge >= 0.3 is 0 Å². The Labute approximate surface area is 226 Å². The second kappa shape index (κ2) is 11.6. The predicted octanol–water partition coefficient (Wildman–Crippen LogP) is 4.68. The average Bonchev–Trinajstić information content (AvgIpc) is 3.20. The third-order valence-corrected chi connectivity index (χ3v) is 7.08. The van der Waals surface area contributed by atoms with Crippen LogP contribution in [0.2, 0.25) is 5.02 Å². The molecule has 1 saturated heterocycles. The van der Waals surface area contributed by atoms with Crippen molar-refractivity contribution in [2.75, 3.05) is 52.6 Å². The van der Waals surface area contributed by atoms with Gasteiger partial charge in [-0.3, -0.25) is 14.5 Å². The molecule has 8 nitrogen and oxygen atoms in total. The van der Waals surface area contributed by atoms with Gasteiger partial charge in [0.05, 0.1) is 36.8 Å². The summed E-state index contributed by atoms with van der Waals surface area (Å²) in [6, 6.07) is 9.74. The maximum absolute atomic E-state index is 13.8. The van der Waals surface area contributed by atoms with Crippen molar-refractivity contribution in [3.8, 4) is 11.5 Å². The topological polar surface area (TPSA) is 81.5 Å². The van der Waals surface area contributed by atoms with Gasteiger partial charge in [0.1, 0.15) is 12.2 Å². The van der Waals surface area contributed by atoms with Gasteiger partial charge in [0.2, 0.25) is 5.76 Å². The molecule has 2 aliphatic rings. The molecule has 1 unspecified atom stereocenters. The summed E-state index contributed by atoms with van der Waals surface area (Å²) in [6.07, 6.45) is 2.40. The van der Waals surface area contributed by atoms with E-state index >= 15 is 0 Å². The lowest BCUT2D eigenvalue weighted by Crippen LogP contribution is -2.38. The zero-order valence-corrected chi connectivity index (χ0v) is 22.2. The van der Waals surface area contributed by atoms with Crippen LogP contribution in [0.15, 0.2) is 58.3 Å². The van der Waals surface area contributed by atoms with Gasteiger partial charge in [-0.25, -0.2) is 0 Å². The fraction of sp³-hybridized carbons (Fsp3) is 0.379. The van der Waals surface area contributed by atoms with Crippen molar-refractivity contribution in [3.63, 3.8) is 0 Å². The zero-order chi connectivity index (χ0) is 26.6. The number of hydrogen-bond acceptors (Lipinski definition) is 7. The summed E-state index contributed by atoms with van der Waals surface area (Å²) in [5.74, 6) is 0.877. The van der Waals surface area contributed by atoms with Crippen LogP contribution < -0.4 is 14.9 Å². The number of fused-ring (bicyclic) bond motifs is 2. The van der Waals surface area contributed by atoms with Crippen molar-refractivity contribution in [3.05, 3.63) is 81.2 Å². The van der Waals surface area contributed by atoms with Crippen LogP contribution in [0.4, 0.5) is 0 Å². The molecule has 0 radical (unpaired) electrons. The Kier molecular flexibility index (Phi) is 8.02. The number of morpholine rings is 1. The lowest BCUT2D eigenvalue weighted by molar-refractivity contribution is 0.0353. The Hall–Kier alpha value is -3.33. The first kappa shape index (κ1) is 26.3. The summed E-state index contributed by atoms with van der Waals surface area (Å²) < 4.78 is 23.1. The summed E-state index contributed by atoms with van der Waals surface area (Å²) in [6.45, 7) is 10.8. The molecule has 1 amide bonds. The highest BCUT2D eigenvalue weighted by atomic mass is 35.5. The molecule has 1 fully saturated rings. The molecule has 3 aromatic rings. The highest BCUT2D eigenvalue weighted by molar-refractivity contribution is 6.31. The molecule has 2 aliphatic heterocycles. The molecule has 38 heavy (non-hydrogen) atoms. The third kappa shape index (κ3) is 5.16. The average molecular weight is 539 g/mol. The molecule has 0 N–H and O–H groups in total. The minimum atomic E-state index is -0.630. The monoisotopic (exact) mass is 538 g/mol. The minimum absolute atomic E-state index is 0.0751. The summed E-state index contributed by atoms with van der Waals surface area (Å²) >= 11 is 6.20. The van der Waals surface area contributed by atoms with E-state index in [1.165, 1.54) is 0 Å². The summed E-state index contributed by atoms with van der Waals surface area (Å²) in [4.78, 5) is 31.6. The Morgan fingerprint density at radius 3 is 2.66 bits per heavy atom. The van der Waals surface area contributed by atoms with E-state index in [-0.39, 0.29) is 17.1 Å². The van der Waals surface area contributed by atoms with Crippen LogP contribution in [0.5, 0.6) is 11.5 Å². The second-order valence-corrected chi connectivity index (χ2v) is 9.70. The molecule has 200 valence electrons. The van der Waals surface area contributed by atoms with Crippen LogP contribution >= 0.6 is 11.6 Å². The first-order chi connectivity index (χ1) is 18.5. The third-order valence-electron chi connectivity index (χ3n) is 6.84. The Bertz CT molecular complexity index is 1400. The molecule has 0 saturated carbocycles. The largest absolute Gasteiger partial charge is 0.490 e. The van der Waals surface area contributed by atoms with Gasteiger partial charge in [-0.1, -0.05) is 30.3 Å². The summed E-state index contributed by atoms with van der Waals surface area (Å²) in [5, 5.41) is 0.774. The number of halogens is 1. The molecule has 0 spiro atoms. The molecular formula is C29H31ClN2O6. The van der Waals surface area contributed by atoms with Crippen LogP contribution in [-0.2, 0) is 4.74 Å². The van der Waals surface area contributed by atoms with Gasteiger partial charge < -0.3 is 23.5 Å². The lowest BCUT2D eigenvalue weighted by atomic mass is 9.98. The van der Waals surface area contributed by atoms with E-state index in [9.17, 15) is 9.59 Å². The SMILES string of the molecule is C=CCOc1ccc(C2c3c(oc4ccc(Cl)cc4c3=O)C(=O)N2CCCN2CCOCC2)cc1OCC. The van der Waals surface area contributed by atoms with Crippen molar-refractivity contribution in [1.29, 1.82) is 0 Å². The van der Waals surface area contributed by atoms with Gasteiger partial charge in [0.25, 0.3) is 5.91 Å². The summed E-state index contributed by atoms with van der Waals surface area (Å²) in [7, 11) is 0. The molecule has 9 heteroatoms. The Balaban J connectivity index is 1.56. The maximum atomic E-state index is 13.8. The van der Waals surface area contributed by atoms with Crippen molar-refractivity contribution in [1.82, 2.24) is 9.80 Å². The second-order valence-electron chi connectivity index (χ2n) is 9.26. The van der Waals surface area contributed by atoms with E-state index < -0.39 is 6.04 Å². The standard InChI is InChI=1S/C29H31ClN2O6/c1-3-14-37-23-8-6-19(17-24(23)36-4-2)26-25-27(33)21-18-20(30)7-9-22(21)38-28(25)29(34)32(26)11-5-10-31-12-15-35-16-13-31/h3,6-9,17-18,26H,1,4-5,10-16H2,2H3. The van der Waals surface area contributed by atoms with Crippen LogP contribution in [0.1, 0.15) is 41.1 Å². The van der Waals surface area contributed by atoms with E-state index in [0.29, 0.717) is 66.0 Å². The predicted molar refractivity (Wildman–Crippen MR) is 146 cm³/mol. The molecule has 1 atom stereocenters. The minimum Gasteiger partial charge on any atom is -0.490 e. The Morgan fingerprint density at radius 1 is 1.08 bits per heavy atom. The van der Waals surface area contributed by atoms with Crippen molar-refractivity contribution in [2.45, 2.75) is 19.4 Å². The van der Waals surface area contributed by atoms with Crippen LogP contribution in [0, 0.1) is 0 Å². The molecular weight excluding hydrogens is 508 g/mol. The first-order valence-corrected chi connectivity index (χ1v) is 13.3. The molecule has 1 aromatic heterocycles. The number of rotatable bonds is 10. The van der Waals surface area contributed by atoms with E-state index in [1.807, 2.05) is 19.1 Å². The number of carbonyl (C=O) groups excluding carboxylic acids is 1. The highest BCUT2D eigenvalue weighted by Crippen LogP contribution is 2.41. The van der Waals surface area contributed by atoms with Gasteiger partial charge in [0, 0.05) is 31.2 Å². The molecule has 3 heterocycles. The molecule has 2 aromatic carbocycles. The zero-order valence-electron chi connectivity index (χ0n) is 21.4. The molecule has 5 rings (SSSR count). The maximum Gasteiger partial charge on any atom is 0.290 e. The van der Waals surface area contributed by atoms with Crippen molar-refractivity contribution < 1.29 is 23.4 Å². The number of nitrogens with zero attached hydrogens (tertiary/aromatic N) is 2. The quantitative estimate of drug-likeness (QED) is 0.347. The van der Waals surface area contributed by atoms with Crippen LogP contribution in [-0.4, -0.2) is 68.3 Å². The number of carbonyl (C=O) groups is 1. The lowest BCUT2D eigenvalue weighted by Gasteiger charge is -2.29. The van der Waals surface area contributed by atoms with E-state index in [0.717, 1.165) is 31.6 Å². The number of amides is 1. The van der Waals surface area contributed by atoms with Crippen LogP contribution in [0.25, 0.3) is 11.0 Å². The smallest absolute Gasteiger partial charge is 0.290 e. The van der Waals surface area contributed by atoms with Gasteiger partial charge in [-0.05, 0) is 49.2 Å². The fourth-order valence-electron chi connectivity index (χ4n) is 5.09. The fourth-order valence-corrected chi connectivity index (χ4v) is 5.26. The highest BCUT2D eigenvalue weighted by Gasteiger charge is 2.42. The summed E-state index contributed by atoms with van der Waals surface area (Å²) in [5.41, 5.74) is 1.14. The molecule has 0 bridgehead atoms. The van der Waals surface area contributed by atoms with Crippen molar-refractivity contribution >= 4 is 28.5 Å². The Morgan fingerprint density at radius 2 is 1.89 bits per heavy atom. The number of ether oxygens (including phenoxy) is 3. The van der Waals surface area contributed by atoms with E-state index in [2.05, 4.69) is 11.5 Å². The van der Waals surface area contributed by atoms with Crippen molar-refractivity contribution in [2.24, 2.45) is 0 Å². The number of hydrogen-bond donors (Lipinski definition) is 0. The normalized spacial score (nSPS) is 17.6. The molecule has 0 aliphatic carbocycles. The first-order valence-electron chi connectivity index (χ1n) is 12.9. The van der Waals surface area contributed by atoms with E-state index in [4.69, 9.17) is 30.2 Å². The van der Waals surface area contributed by atoms with Gasteiger partial charge in [0.15, 0.2) is 16.9 Å². The van der Waals surface area contributed by atoms with Crippen LogP contribution in [0.3, 0.4) is 0 Å². The van der Waals surface area contributed by atoms with E-state index in [1.54, 1.807) is 35.2 Å². The van der Waals surface area contributed by atoms with Gasteiger partial charge in [-0.2, -0.15) is 0 Å².